The zero-order chi connectivity index (χ0) is 24.8. The molecule has 0 saturated carbocycles. The molecule has 6 aromatic heterocycles. The predicted octanol–water partition coefficient (Wildman–Crippen LogP) is 3.58. The Balaban J connectivity index is 1.26. The van der Waals surface area contributed by atoms with Crippen molar-refractivity contribution in [1.82, 2.24) is 50.0 Å². The molecule has 0 radical (unpaired) electrons. The van der Waals surface area contributed by atoms with Gasteiger partial charge < -0.3 is 19.6 Å². The molecule has 1 aliphatic rings. The van der Waals surface area contributed by atoms with Crippen molar-refractivity contribution < 1.29 is 4.74 Å². The van der Waals surface area contributed by atoms with Crippen molar-refractivity contribution in [3.63, 3.8) is 0 Å². The molecule has 0 aromatic carbocycles. The van der Waals surface area contributed by atoms with Gasteiger partial charge in [-0.25, -0.2) is 15.0 Å². The number of piperidine rings is 1. The van der Waals surface area contributed by atoms with Crippen molar-refractivity contribution in [2.75, 3.05) is 13.1 Å². The smallest absolute Gasteiger partial charge is 0.161 e. The Morgan fingerprint density at radius 1 is 0.973 bits per heavy atom. The monoisotopic (exact) mass is 492 g/mol. The standard InChI is InChI=1S/C26H24N10O/c1-15-13-36(14-30-15)22-12-29-11-21-23(22)33-26(32-21)25-24-20(34-35-25)3-2-19(31-24)16-8-18(10-28-9-16)37-17-4-6-27-7-5-17/h2-3,8-14,17,27H,4-7H2,1H3,(H,32,33)(H,34,35). The van der Waals surface area contributed by atoms with Gasteiger partial charge in [0.2, 0.25) is 0 Å². The summed E-state index contributed by atoms with van der Waals surface area (Å²) in [6.45, 7) is 3.89. The van der Waals surface area contributed by atoms with E-state index < -0.39 is 0 Å². The number of aromatic amines is 2. The average molecular weight is 493 g/mol. The summed E-state index contributed by atoms with van der Waals surface area (Å²) >= 11 is 0. The summed E-state index contributed by atoms with van der Waals surface area (Å²) in [7, 11) is 0. The van der Waals surface area contributed by atoms with E-state index in [9.17, 15) is 0 Å². The molecule has 184 valence electrons. The number of ether oxygens (including phenoxy) is 1. The average Bonchev–Trinajstić information content (AvgIpc) is 3.66. The summed E-state index contributed by atoms with van der Waals surface area (Å²) < 4.78 is 8.11. The lowest BCUT2D eigenvalue weighted by Gasteiger charge is -2.23. The highest BCUT2D eigenvalue weighted by molar-refractivity contribution is 5.92. The van der Waals surface area contributed by atoms with Gasteiger partial charge in [-0.15, -0.1) is 0 Å². The fraction of sp³-hybridized carbons (Fsp3) is 0.231. The zero-order valence-electron chi connectivity index (χ0n) is 20.1. The Morgan fingerprint density at radius 3 is 2.73 bits per heavy atom. The maximum absolute atomic E-state index is 6.19. The molecule has 0 aliphatic carbocycles. The molecule has 11 heteroatoms. The SMILES string of the molecule is Cc1cn(-c2cncc3[nH]c(-c4n[nH]c5ccc(-c6cncc(OC7CCNCC7)c6)nc45)nc23)cn1. The van der Waals surface area contributed by atoms with Gasteiger partial charge in [0.15, 0.2) is 11.5 Å². The van der Waals surface area contributed by atoms with Crippen molar-refractivity contribution in [3.8, 4) is 34.2 Å². The fourth-order valence-electron chi connectivity index (χ4n) is 4.73. The first-order valence-corrected chi connectivity index (χ1v) is 12.2. The maximum atomic E-state index is 6.19. The minimum Gasteiger partial charge on any atom is -0.489 e. The molecule has 0 spiro atoms. The van der Waals surface area contributed by atoms with Gasteiger partial charge in [0.25, 0.3) is 0 Å². The second-order valence-corrected chi connectivity index (χ2v) is 9.20. The van der Waals surface area contributed by atoms with Crippen molar-refractivity contribution in [1.29, 1.82) is 0 Å². The largest absolute Gasteiger partial charge is 0.489 e. The molecule has 7 heterocycles. The van der Waals surface area contributed by atoms with Crippen molar-refractivity contribution in [2.45, 2.75) is 25.9 Å². The summed E-state index contributed by atoms with van der Waals surface area (Å²) in [4.78, 5) is 26.3. The number of aromatic nitrogens is 9. The number of H-pyrrole nitrogens is 2. The third-order valence-corrected chi connectivity index (χ3v) is 6.59. The molecule has 0 unspecified atom stereocenters. The first-order chi connectivity index (χ1) is 18.2. The lowest BCUT2D eigenvalue weighted by Crippen LogP contribution is -2.34. The lowest BCUT2D eigenvalue weighted by atomic mass is 10.1. The zero-order valence-corrected chi connectivity index (χ0v) is 20.1. The summed E-state index contributed by atoms with van der Waals surface area (Å²) in [5.74, 6) is 1.36. The lowest BCUT2D eigenvalue weighted by molar-refractivity contribution is 0.162. The van der Waals surface area contributed by atoms with Crippen LogP contribution in [0, 0.1) is 6.92 Å². The molecule has 7 rings (SSSR count). The van der Waals surface area contributed by atoms with E-state index in [0.29, 0.717) is 17.0 Å². The molecule has 1 aliphatic heterocycles. The Hall–Kier alpha value is -4.64. The Bertz CT molecular complexity index is 1730. The van der Waals surface area contributed by atoms with Gasteiger partial charge in [-0.1, -0.05) is 0 Å². The highest BCUT2D eigenvalue weighted by Gasteiger charge is 2.18. The minimum atomic E-state index is 0.202. The van der Waals surface area contributed by atoms with Gasteiger partial charge in [-0.2, -0.15) is 5.10 Å². The van der Waals surface area contributed by atoms with E-state index in [1.807, 2.05) is 35.9 Å². The Morgan fingerprint density at radius 2 is 1.86 bits per heavy atom. The molecule has 1 saturated heterocycles. The van der Waals surface area contributed by atoms with E-state index in [-0.39, 0.29) is 6.10 Å². The Labute approximate surface area is 211 Å². The van der Waals surface area contributed by atoms with E-state index in [1.54, 1.807) is 31.1 Å². The van der Waals surface area contributed by atoms with Crippen LogP contribution in [0.25, 0.3) is 50.5 Å². The molecule has 37 heavy (non-hydrogen) atoms. The molecule has 0 atom stereocenters. The van der Waals surface area contributed by atoms with Crippen LogP contribution in [0.3, 0.4) is 0 Å². The summed E-state index contributed by atoms with van der Waals surface area (Å²) in [6, 6.07) is 5.92. The van der Waals surface area contributed by atoms with Crippen LogP contribution < -0.4 is 10.1 Å². The fourth-order valence-corrected chi connectivity index (χ4v) is 4.73. The number of hydrogen-bond donors (Lipinski definition) is 3. The number of fused-ring (bicyclic) bond motifs is 2. The van der Waals surface area contributed by atoms with Gasteiger partial charge in [0.1, 0.15) is 22.9 Å². The second-order valence-electron chi connectivity index (χ2n) is 9.20. The van der Waals surface area contributed by atoms with E-state index >= 15 is 0 Å². The molecule has 0 bridgehead atoms. The number of pyridine rings is 3. The normalized spacial score (nSPS) is 14.5. The van der Waals surface area contributed by atoms with Crippen LogP contribution in [-0.2, 0) is 0 Å². The summed E-state index contributed by atoms with van der Waals surface area (Å²) in [5, 5.41) is 11.0. The number of aryl methyl sites for hydroxylation is 1. The molecule has 3 N–H and O–H groups in total. The number of nitrogens with zero attached hydrogens (tertiary/aromatic N) is 7. The van der Waals surface area contributed by atoms with Crippen molar-refractivity contribution in [2.24, 2.45) is 0 Å². The number of nitrogens with one attached hydrogen (secondary N) is 3. The van der Waals surface area contributed by atoms with E-state index in [0.717, 1.165) is 70.9 Å². The first kappa shape index (κ1) is 21.6. The van der Waals surface area contributed by atoms with Gasteiger partial charge in [-0.3, -0.25) is 15.1 Å². The van der Waals surface area contributed by atoms with Gasteiger partial charge in [-0.05, 0) is 51.1 Å². The van der Waals surface area contributed by atoms with Crippen LogP contribution in [0.4, 0.5) is 0 Å². The molecule has 1 fully saturated rings. The van der Waals surface area contributed by atoms with Gasteiger partial charge >= 0.3 is 0 Å². The second kappa shape index (κ2) is 8.79. The number of imidazole rings is 2. The van der Waals surface area contributed by atoms with Crippen LogP contribution in [0.15, 0.2) is 55.5 Å². The molecular formula is C26H24N10O. The summed E-state index contributed by atoms with van der Waals surface area (Å²) in [5.41, 5.74) is 7.17. The van der Waals surface area contributed by atoms with E-state index in [1.165, 1.54) is 0 Å². The minimum absolute atomic E-state index is 0.202. The molecular weight excluding hydrogens is 468 g/mol. The molecule has 0 amide bonds. The number of rotatable bonds is 5. The van der Waals surface area contributed by atoms with Crippen LogP contribution in [0.1, 0.15) is 18.5 Å². The quantitative estimate of drug-likeness (QED) is 0.332. The van der Waals surface area contributed by atoms with Crippen LogP contribution >= 0.6 is 0 Å². The molecule has 11 nitrogen and oxygen atoms in total. The van der Waals surface area contributed by atoms with Crippen LogP contribution in [-0.4, -0.2) is 63.9 Å². The van der Waals surface area contributed by atoms with Crippen LogP contribution in [0.5, 0.6) is 5.75 Å². The van der Waals surface area contributed by atoms with Gasteiger partial charge in [0, 0.05) is 18.0 Å². The summed E-state index contributed by atoms with van der Waals surface area (Å²) in [6.07, 6.45) is 13.0. The maximum Gasteiger partial charge on any atom is 0.161 e. The van der Waals surface area contributed by atoms with Crippen molar-refractivity contribution in [3.05, 3.63) is 61.2 Å². The topological polar surface area (TPSA) is 135 Å². The highest BCUT2D eigenvalue weighted by Crippen LogP contribution is 2.30. The van der Waals surface area contributed by atoms with Crippen LogP contribution in [0.2, 0.25) is 0 Å². The molecule has 6 aromatic rings. The van der Waals surface area contributed by atoms with Crippen molar-refractivity contribution >= 4 is 22.1 Å². The van der Waals surface area contributed by atoms with E-state index in [4.69, 9.17) is 14.7 Å². The predicted molar refractivity (Wildman–Crippen MR) is 138 cm³/mol. The third-order valence-electron chi connectivity index (χ3n) is 6.59. The van der Waals surface area contributed by atoms with Gasteiger partial charge in [0.05, 0.1) is 53.0 Å². The number of hydrogen-bond acceptors (Lipinski definition) is 8. The first-order valence-electron chi connectivity index (χ1n) is 12.2. The Kier molecular flexibility index (Phi) is 5.14. The third kappa shape index (κ3) is 3.99. The van der Waals surface area contributed by atoms with E-state index in [2.05, 4.69) is 35.5 Å². The highest BCUT2D eigenvalue weighted by atomic mass is 16.5.